The fourth-order valence-corrected chi connectivity index (χ4v) is 3.23. The molecule has 23 heavy (non-hydrogen) atoms. The third kappa shape index (κ3) is 3.29. The van der Waals surface area contributed by atoms with E-state index < -0.39 is 0 Å². The van der Waals surface area contributed by atoms with Crippen molar-refractivity contribution in [2.75, 3.05) is 12.3 Å². The van der Waals surface area contributed by atoms with E-state index >= 15 is 0 Å². The lowest BCUT2D eigenvalue weighted by Gasteiger charge is -2.35. The van der Waals surface area contributed by atoms with Gasteiger partial charge in [0.1, 0.15) is 0 Å². The van der Waals surface area contributed by atoms with Crippen molar-refractivity contribution < 1.29 is 4.79 Å². The van der Waals surface area contributed by atoms with E-state index in [1.165, 1.54) is 0 Å². The molecule has 0 bridgehead atoms. The van der Waals surface area contributed by atoms with Crippen molar-refractivity contribution in [2.24, 2.45) is 0 Å². The van der Waals surface area contributed by atoms with Crippen molar-refractivity contribution in [1.82, 2.24) is 14.9 Å². The molecule has 1 saturated heterocycles. The molecular weight excluding hydrogens is 312 g/mol. The summed E-state index contributed by atoms with van der Waals surface area (Å²) in [5.41, 5.74) is 8.49. The van der Waals surface area contributed by atoms with Gasteiger partial charge in [-0.25, -0.2) is 9.97 Å². The number of benzene rings is 1. The molecule has 0 saturated carbocycles. The number of amides is 1. The monoisotopic (exact) mass is 330 g/mol. The van der Waals surface area contributed by atoms with Crippen molar-refractivity contribution in [3.8, 4) is 11.1 Å². The number of hydrogen-bond donors (Lipinski definition) is 1. The number of carbonyl (C=O) groups excluding carboxylic acids is 1. The highest BCUT2D eigenvalue weighted by Crippen LogP contribution is 2.36. The third-order valence-corrected chi connectivity index (χ3v) is 4.47. The highest BCUT2D eigenvalue weighted by Gasteiger charge is 2.29. The summed E-state index contributed by atoms with van der Waals surface area (Å²) in [4.78, 5) is 22.5. The Bertz CT molecular complexity index is 717. The van der Waals surface area contributed by atoms with Crippen molar-refractivity contribution >= 4 is 23.5 Å². The van der Waals surface area contributed by atoms with E-state index in [2.05, 4.69) is 9.97 Å². The van der Waals surface area contributed by atoms with Gasteiger partial charge in [-0.1, -0.05) is 23.7 Å². The number of piperidine rings is 1. The van der Waals surface area contributed by atoms with Gasteiger partial charge in [0.25, 0.3) is 0 Å². The van der Waals surface area contributed by atoms with Gasteiger partial charge in [-0.3, -0.25) is 4.79 Å². The lowest BCUT2D eigenvalue weighted by atomic mass is 9.94. The van der Waals surface area contributed by atoms with Crippen molar-refractivity contribution in [1.29, 1.82) is 0 Å². The van der Waals surface area contributed by atoms with E-state index in [0.717, 1.165) is 42.6 Å². The number of anilines is 1. The minimum atomic E-state index is -0.0581. The summed E-state index contributed by atoms with van der Waals surface area (Å²) in [6.07, 6.45) is 4.70. The Morgan fingerprint density at radius 3 is 2.74 bits per heavy atom. The Hall–Kier alpha value is -2.14. The van der Waals surface area contributed by atoms with Gasteiger partial charge in [0.15, 0.2) is 0 Å². The van der Waals surface area contributed by atoms with E-state index in [1.807, 2.05) is 29.2 Å². The fourth-order valence-electron chi connectivity index (χ4n) is 3.11. The van der Waals surface area contributed by atoms with E-state index in [9.17, 15) is 4.79 Å². The van der Waals surface area contributed by atoms with Crippen LogP contribution < -0.4 is 5.73 Å². The van der Waals surface area contributed by atoms with E-state index in [0.29, 0.717) is 5.02 Å². The molecule has 1 aliphatic heterocycles. The minimum absolute atomic E-state index is 0.0581. The van der Waals surface area contributed by atoms with Crippen molar-refractivity contribution in [3.63, 3.8) is 0 Å². The molecule has 1 amide bonds. The number of nitrogens with zero attached hydrogens (tertiary/aromatic N) is 3. The zero-order valence-electron chi connectivity index (χ0n) is 13.0. The van der Waals surface area contributed by atoms with Crippen LogP contribution in [0.3, 0.4) is 0 Å². The van der Waals surface area contributed by atoms with Crippen LogP contribution in [0.5, 0.6) is 0 Å². The number of rotatable bonds is 2. The van der Waals surface area contributed by atoms with Crippen molar-refractivity contribution in [2.45, 2.75) is 32.2 Å². The highest BCUT2D eigenvalue weighted by atomic mass is 35.5. The van der Waals surface area contributed by atoms with Gasteiger partial charge in [0, 0.05) is 30.3 Å². The zero-order chi connectivity index (χ0) is 16.4. The molecule has 1 aromatic carbocycles. The van der Waals surface area contributed by atoms with Gasteiger partial charge in [-0.2, -0.15) is 0 Å². The molecule has 0 spiro atoms. The summed E-state index contributed by atoms with van der Waals surface area (Å²) in [7, 11) is 0. The highest BCUT2D eigenvalue weighted by molar-refractivity contribution is 6.30. The summed E-state index contributed by atoms with van der Waals surface area (Å²) in [6.45, 7) is 2.36. The second kappa shape index (κ2) is 6.54. The molecule has 0 aliphatic carbocycles. The smallest absolute Gasteiger partial charge is 0.220 e. The summed E-state index contributed by atoms with van der Waals surface area (Å²) >= 11 is 5.97. The average molecular weight is 331 g/mol. The van der Waals surface area contributed by atoms with Crippen LogP contribution in [0.4, 0.5) is 5.95 Å². The van der Waals surface area contributed by atoms with Gasteiger partial charge in [-0.05, 0) is 37.0 Å². The zero-order valence-corrected chi connectivity index (χ0v) is 13.8. The molecule has 1 aliphatic rings. The maximum absolute atomic E-state index is 12.0. The molecular formula is C17H19ClN4O. The third-order valence-electron chi connectivity index (χ3n) is 4.22. The molecule has 1 aromatic heterocycles. The molecule has 2 aromatic rings. The number of likely N-dealkylation sites (tertiary alicyclic amines) is 1. The lowest BCUT2D eigenvalue weighted by molar-refractivity contribution is -0.132. The number of nitrogens with two attached hydrogens (primary N) is 1. The molecule has 0 unspecified atom stereocenters. The topological polar surface area (TPSA) is 72.1 Å². The van der Waals surface area contributed by atoms with E-state index in [4.69, 9.17) is 17.3 Å². The largest absolute Gasteiger partial charge is 0.368 e. The van der Waals surface area contributed by atoms with Crippen LogP contribution >= 0.6 is 11.6 Å². The van der Waals surface area contributed by atoms with Crippen LogP contribution in [0.1, 0.15) is 37.9 Å². The molecule has 0 radical (unpaired) electrons. The first-order chi connectivity index (χ1) is 11.1. The Balaban J connectivity index is 2.08. The number of nitrogen functional groups attached to an aromatic ring is 1. The Morgan fingerprint density at radius 1 is 1.30 bits per heavy atom. The second-order valence-electron chi connectivity index (χ2n) is 5.76. The number of carbonyl (C=O) groups is 1. The van der Waals surface area contributed by atoms with E-state index in [1.54, 1.807) is 13.1 Å². The van der Waals surface area contributed by atoms with Crippen LogP contribution in [0.25, 0.3) is 11.1 Å². The van der Waals surface area contributed by atoms with Gasteiger partial charge in [0.05, 0.1) is 11.7 Å². The second-order valence-corrected chi connectivity index (χ2v) is 6.19. The maximum atomic E-state index is 12.0. The van der Waals surface area contributed by atoms with Crippen LogP contribution in [-0.4, -0.2) is 27.3 Å². The Kier molecular flexibility index (Phi) is 4.48. The van der Waals surface area contributed by atoms with Gasteiger partial charge in [-0.15, -0.1) is 0 Å². The molecule has 3 rings (SSSR count). The van der Waals surface area contributed by atoms with Crippen molar-refractivity contribution in [3.05, 3.63) is 41.2 Å². The first kappa shape index (κ1) is 15.7. The standard InChI is InChI=1S/C17H19ClN4O/c1-11(23)22-9-3-2-4-15(22)16-14(10-20-17(19)21-16)12-5-7-13(18)8-6-12/h5-8,10,15H,2-4,9H2,1H3,(H2,19,20,21)/t15-/m0/s1. The quantitative estimate of drug-likeness (QED) is 0.915. The fraction of sp³-hybridized carbons (Fsp3) is 0.353. The van der Waals surface area contributed by atoms with Gasteiger partial charge < -0.3 is 10.6 Å². The lowest BCUT2D eigenvalue weighted by Crippen LogP contribution is -2.37. The van der Waals surface area contributed by atoms with Crippen LogP contribution in [0.15, 0.2) is 30.5 Å². The SMILES string of the molecule is CC(=O)N1CCCC[C@H]1c1nc(N)ncc1-c1ccc(Cl)cc1. The minimum Gasteiger partial charge on any atom is -0.368 e. The predicted molar refractivity (Wildman–Crippen MR) is 90.9 cm³/mol. The number of halogens is 1. The number of hydrogen-bond acceptors (Lipinski definition) is 4. The number of aromatic nitrogens is 2. The Labute approximate surface area is 140 Å². The normalized spacial score (nSPS) is 18.0. The van der Waals surface area contributed by atoms with Crippen LogP contribution in [-0.2, 0) is 4.79 Å². The summed E-state index contributed by atoms with van der Waals surface area (Å²) < 4.78 is 0. The van der Waals surface area contributed by atoms with Crippen LogP contribution in [0, 0.1) is 0 Å². The molecule has 1 fully saturated rings. The summed E-state index contributed by atoms with van der Waals surface area (Å²) in [5.74, 6) is 0.292. The predicted octanol–water partition coefficient (Wildman–Crippen LogP) is 3.45. The van der Waals surface area contributed by atoms with E-state index in [-0.39, 0.29) is 17.9 Å². The molecule has 2 heterocycles. The summed E-state index contributed by atoms with van der Waals surface area (Å²) in [6, 6.07) is 7.47. The maximum Gasteiger partial charge on any atom is 0.220 e. The molecule has 1 atom stereocenters. The first-order valence-corrected chi connectivity index (χ1v) is 8.09. The first-order valence-electron chi connectivity index (χ1n) is 7.72. The molecule has 5 nitrogen and oxygen atoms in total. The van der Waals surface area contributed by atoms with Gasteiger partial charge >= 0.3 is 0 Å². The summed E-state index contributed by atoms with van der Waals surface area (Å²) in [5, 5.41) is 0.676. The molecule has 6 heteroatoms. The van der Waals surface area contributed by atoms with Gasteiger partial charge in [0.2, 0.25) is 11.9 Å². The molecule has 120 valence electrons. The molecule has 2 N–H and O–H groups in total. The van der Waals surface area contributed by atoms with Crippen LogP contribution in [0.2, 0.25) is 5.02 Å². The Morgan fingerprint density at radius 2 is 2.04 bits per heavy atom. The average Bonchev–Trinajstić information content (AvgIpc) is 2.56.